The summed E-state index contributed by atoms with van der Waals surface area (Å²) < 4.78 is 13.2. The summed E-state index contributed by atoms with van der Waals surface area (Å²) in [4.78, 5) is 25.5. The molecule has 1 saturated carbocycles. The third-order valence-corrected chi connectivity index (χ3v) is 6.72. The highest BCUT2D eigenvalue weighted by Crippen LogP contribution is 2.30. The Morgan fingerprint density at radius 3 is 2.47 bits per heavy atom. The summed E-state index contributed by atoms with van der Waals surface area (Å²) in [5.74, 6) is -0.398. The summed E-state index contributed by atoms with van der Waals surface area (Å²) in [6.45, 7) is 6.19. The standard InChI is InChI=1S/C25H36N4O5.2H2S/c1-6-14-25(2,3)28(4)24(32)33-16-21-22(26-27-29(21)5)17-10-12-19(13-11-17)34-20-9-7-8-18(15-20)23(30)31;;/h10-13,18,20H,6-9,14-16H2,1-5H3,(H,30,31);2*1H2/t18-,20-;;/m0../s1. The number of carboxylic acids is 1. The van der Waals surface area contributed by atoms with Crippen molar-refractivity contribution in [3.05, 3.63) is 30.0 Å². The number of nitrogens with zero attached hydrogens (tertiary/aromatic N) is 4. The van der Waals surface area contributed by atoms with Crippen molar-refractivity contribution >= 4 is 39.1 Å². The maximum atomic E-state index is 12.6. The fourth-order valence-electron chi connectivity index (χ4n) is 4.38. The van der Waals surface area contributed by atoms with Gasteiger partial charge >= 0.3 is 12.1 Å². The van der Waals surface area contributed by atoms with Crippen LogP contribution < -0.4 is 4.74 Å². The number of rotatable bonds is 9. The Morgan fingerprint density at radius 1 is 1.19 bits per heavy atom. The number of aliphatic carboxylic acids is 1. The number of aryl methyl sites for hydroxylation is 1. The molecule has 1 aliphatic rings. The molecule has 0 saturated heterocycles. The molecule has 2 atom stereocenters. The van der Waals surface area contributed by atoms with E-state index >= 15 is 0 Å². The Labute approximate surface area is 227 Å². The highest BCUT2D eigenvalue weighted by molar-refractivity contribution is 7.59. The molecule has 0 bridgehead atoms. The summed E-state index contributed by atoms with van der Waals surface area (Å²) in [7, 11) is 3.52. The first-order valence-electron chi connectivity index (χ1n) is 11.9. The van der Waals surface area contributed by atoms with Crippen molar-refractivity contribution in [2.24, 2.45) is 13.0 Å². The molecule has 1 aromatic carbocycles. The molecule has 1 heterocycles. The lowest BCUT2D eigenvalue weighted by molar-refractivity contribution is -0.143. The molecule has 202 valence electrons. The van der Waals surface area contributed by atoms with Gasteiger partial charge in [0.2, 0.25) is 0 Å². The first-order chi connectivity index (χ1) is 16.1. The average molecular weight is 541 g/mol. The minimum atomic E-state index is -0.750. The van der Waals surface area contributed by atoms with Crippen LogP contribution in [0.15, 0.2) is 24.3 Å². The molecule has 2 aromatic rings. The molecule has 1 N–H and O–H groups in total. The Bertz CT molecular complexity index is 997. The third-order valence-electron chi connectivity index (χ3n) is 6.72. The molecule has 0 radical (unpaired) electrons. The van der Waals surface area contributed by atoms with Crippen molar-refractivity contribution < 1.29 is 24.2 Å². The predicted octanol–water partition coefficient (Wildman–Crippen LogP) is 4.88. The van der Waals surface area contributed by atoms with Crippen molar-refractivity contribution in [1.29, 1.82) is 0 Å². The largest absolute Gasteiger partial charge is 0.490 e. The van der Waals surface area contributed by atoms with E-state index in [2.05, 4.69) is 17.2 Å². The first-order valence-corrected chi connectivity index (χ1v) is 11.9. The molecule has 36 heavy (non-hydrogen) atoms. The van der Waals surface area contributed by atoms with Crippen LogP contribution in [0.1, 0.15) is 65.0 Å². The number of aromatic nitrogens is 3. The van der Waals surface area contributed by atoms with Crippen molar-refractivity contribution in [1.82, 2.24) is 19.9 Å². The zero-order valence-electron chi connectivity index (χ0n) is 21.8. The van der Waals surface area contributed by atoms with E-state index in [1.54, 1.807) is 23.7 Å². The topological polar surface area (TPSA) is 107 Å². The Hall–Kier alpha value is -2.40. The highest BCUT2D eigenvalue weighted by atomic mass is 32.1. The Kier molecular flexibility index (Phi) is 12.1. The van der Waals surface area contributed by atoms with Gasteiger partial charge in [-0.25, -0.2) is 9.48 Å². The molecule has 3 rings (SSSR count). The molecule has 0 unspecified atom stereocenters. The predicted molar refractivity (Wildman–Crippen MR) is 148 cm³/mol. The monoisotopic (exact) mass is 540 g/mol. The van der Waals surface area contributed by atoms with E-state index in [9.17, 15) is 14.7 Å². The van der Waals surface area contributed by atoms with E-state index in [0.29, 0.717) is 30.0 Å². The molecule has 0 spiro atoms. The van der Waals surface area contributed by atoms with E-state index in [1.807, 2.05) is 38.1 Å². The normalized spacial score (nSPS) is 17.4. The van der Waals surface area contributed by atoms with Crippen LogP contribution in [0.2, 0.25) is 0 Å². The van der Waals surface area contributed by atoms with Crippen LogP contribution >= 0.6 is 27.0 Å². The number of ether oxygens (including phenoxy) is 2. The lowest BCUT2D eigenvalue weighted by Gasteiger charge is -2.34. The number of hydrogen-bond acceptors (Lipinski definition) is 6. The average Bonchev–Trinajstić information content (AvgIpc) is 3.17. The van der Waals surface area contributed by atoms with Gasteiger partial charge in [-0.2, -0.15) is 27.0 Å². The maximum absolute atomic E-state index is 12.6. The van der Waals surface area contributed by atoms with E-state index in [4.69, 9.17) is 9.47 Å². The zero-order chi connectivity index (χ0) is 24.9. The van der Waals surface area contributed by atoms with Gasteiger partial charge in [0, 0.05) is 25.2 Å². The van der Waals surface area contributed by atoms with Gasteiger partial charge in [-0.1, -0.05) is 18.6 Å². The summed E-state index contributed by atoms with van der Waals surface area (Å²) in [6.07, 6.45) is 4.31. The van der Waals surface area contributed by atoms with Crippen molar-refractivity contribution in [2.75, 3.05) is 7.05 Å². The molecular weight excluding hydrogens is 500 g/mol. The van der Waals surface area contributed by atoms with Crippen LogP contribution in [0.25, 0.3) is 11.3 Å². The smallest absolute Gasteiger partial charge is 0.410 e. The lowest BCUT2D eigenvalue weighted by atomic mass is 9.87. The SMILES string of the molecule is CCCC(C)(C)N(C)C(=O)OCc1c(-c2ccc(O[C@H]3CCC[C@H](C(=O)O)C3)cc2)nnn1C.S.S. The van der Waals surface area contributed by atoms with Gasteiger partial charge in [-0.05, 0) is 70.2 Å². The number of amides is 1. The van der Waals surface area contributed by atoms with E-state index < -0.39 is 5.97 Å². The van der Waals surface area contributed by atoms with Gasteiger partial charge in [0.25, 0.3) is 0 Å². The van der Waals surface area contributed by atoms with Gasteiger partial charge in [-0.3, -0.25) is 4.79 Å². The van der Waals surface area contributed by atoms with Gasteiger partial charge in [0.05, 0.1) is 12.0 Å². The number of carbonyl (C=O) groups excluding carboxylic acids is 1. The molecule has 1 fully saturated rings. The number of carboxylic acid groups (broad SMARTS) is 1. The summed E-state index contributed by atoms with van der Waals surface area (Å²) in [5.41, 5.74) is 1.87. The van der Waals surface area contributed by atoms with Crippen LogP contribution in [0.5, 0.6) is 5.75 Å². The second kappa shape index (κ2) is 13.8. The van der Waals surface area contributed by atoms with E-state index in [0.717, 1.165) is 31.2 Å². The van der Waals surface area contributed by atoms with E-state index in [1.165, 1.54) is 0 Å². The quantitative estimate of drug-likeness (QED) is 0.483. The first kappa shape index (κ1) is 31.6. The minimum absolute atomic E-state index is 0. The number of benzene rings is 1. The van der Waals surface area contributed by atoms with Crippen LogP contribution in [-0.4, -0.2) is 55.8 Å². The Balaban J connectivity index is 0.00000324. The van der Waals surface area contributed by atoms with Gasteiger partial charge in [0.15, 0.2) is 0 Å². The molecule has 9 nitrogen and oxygen atoms in total. The Morgan fingerprint density at radius 2 is 1.86 bits per heavy atom. The van der Waals surface area contributed by atoms with E-state index in [-0.39, 0.29) is 57.3 Å². The van der Waals surface area contributed by atoms with Crippen molar-refractivity contribution in [2.45, 2.75) is 77.5 Å². The molecular formula is C25H40N4O5S2. The van der Waals surface area contributed by atoms with Crippen LogP contribution in [-0.2, 0) is 23.2 Å². The zero-order valence-corrected chi connectivity index (χ0v) is 23.8. The molecule has 0 aliphatic heterocycles. The fraction of sp³-hybridized carbons (Fsp3) is 0.600. The van der Waals surface area contributed by atoms with Crippen molar-refractivity contribution in [3.8, 4) is 17.0 Å². The summed E-state index contributed by atoms with van der Waals surface area (Å²) >= 11 is 0. The highest BCUT2D eigenvalue weighted by Gasteiger charge is 2.29. The molecule has 1 aromatic heterocycles. The van der Waals surface area contributed by atoms with Gasteiger partial charge in [0.1, 0.15) is 23.7 Å². The van der Waals surface area contributed by atoms with Gasteiger partial charge in [-0.15, -0.1) is 5.10 Å². The summed E-state index contributed by atoms with van der Waals surface area (Å²) in [6, 6.07) is 7.48. The molecule has 11 heteroatoms. The maximum Gasteiger partial charge on any atom is 0.410 e. The summed E-state index contributed by atoms with van der Waals surface area (Å²) in [5, 5.41) is 17.7. The van der Waals surface area contributed by atoms with Crippen LogP contribution in [0.3, 0.4) is 0 Å². The second-order valence-electron chi connectivity index (χ2n) is 9.65. The minimum Gasteiger partial charge on any atom is -0.490 e. The fourth-order valence-corrected chi connectivity index (χ4v) is 4.38. The number of hydrogen-bond donors (Lipinski definition) is 1. The van der Waals surface area contributed by atoms with Crippen LogP contribution in [0.4, 0.5) is 4.79 Å². The second-order valence-corrected chi connectivity index (χ2v) is 9.65. The third kappa shape index (κ3) is 7.80. The van der Waals surface area contributed by atoms with Gasteiger partial charge < -0.3 is 19.5 Å². The molecule has 1 amide bonds. The van der Waals surface area contributed by atoms with Crippen molar-refractivity contribution in [3.63, 3.8) is 0 Å². The van der Waals surface area contributed by atoms with Crippen LogP contribution in [0, 0.1) is 5.92 Å². The lowest BCUT2D eigenvalue weighted by Crippen LogP contribution is -2.45. The molecule has 1 aliphatic carbocycles. The number of carbonyl (C=O) groups is 2.